The zero-order chi connectivity index (χ0) is 12.7. The molecule has 0 spiro atoms. The molecule has 0 aliphatic carbocycles. The molecule has 1 atom stereocenters. The van der Waals surface area contributed by atoms with E-state index in [1.165, 1.54) is 12.4 Å². The van der Waals surface area contributed by atoms with E-state index < -0.39 is 12.0 Å². The number of nitrogens with zero attached hydrogens (tertiary/aromatic N) is 1. The second-order valence-corrected chi connectivity index (χ2v) is 3.74. The van der Waals surface area contributed by atoms with Crippen molar-refractivity contribution in [1.82, 2.24) is 10.3 Å². The number of nitrogens with one attached hydrogen (secondary N) is 1. The Bertz CT molecular complexity index is 379. The van der Waals surface area contributed by atoms with Crippen molar-refractivity contribution in [2.45, 2.75) is 32.2 Å². The van der Waals surface area contributed by atoms with E-state index in [9.17, 15) is 9.59 Å². The average Bonchev–Trinajstić information content (AvgIpc) is 2.35. The maximum atomic E-state index is 11.7. The highest BCUT2D eigenvalue weighted by atomic mass is 16.4. The second kappa shape index (κ2) is 6.62. The molecule has 0 radical (unpaired) electrons. The summed E-state index contributed by atoms with van der Waals surface area (Å²) in [6.45, 7) is 1.98. The summed E-state index contributed by atoms with van der Waals surface area (Å²) >= 11 is 0. The lowest BCUT2D eigenvalue weighted by molar-refractivity contribution is -0.139. The molecule has 0 fully saturated rings. The molecule has 1 rings (SSSR count). The van der Waals surface area contributed by atoms with Gasteiger partial charge in [0.15, 0.2) is 0 Å². The largest absolute Gasteiger partial charge is 0.480 e. The molecule has 1 unspecified atom stereocenters. The van der Waals surface area contributed by atoms with Crippen LogP contribution in [0.25, 0.3) is 0 Å². The van der Waals surface area contributed by atoms with Crippen molar-refractivity contribution in [1.29, 1.82) is 0 Å². The van der Waals surface area contributed by atoms with Gasteiger partial charge < -0.3 is 10.4 Å². The lowest BCUT2D eigenvalue weighted by Crippen LogP contribution is -2.40. The van der Waals surface area contributed by atoms with Crippen LogP contribution in [-0.4, -0.2) is 28.0 Å². The number of carbonyl (C=O) groups excluding carboxylic acids is 1. The number of aromatic nitrogens is 1. The maximum Gasteiger partial charge on any atom is 0.326 e. The molecule has 0 aliphatic rings. The number of hydrogen-bond donors (Lipinski definition) is 2. The van der Waals surface area contributed by atoms with Crippen LogP contribution in [0, 0.1) is 0 Å². The van der Waals surface area contributed by atoms with Gasteiger partial charge in [-0.2, -0.15) is 0 Å². The number of rotatable bonds is 6. The van der Waals surface area contributed by atoms with E-state index in [2.05, 4.69) is 10.3 Å². The molecule has 0 bridgehead atoms. The van der Waals surface area contributed by atoms with E-state index in [1.54, 1.807) is 12.1 Å². The highest BCUT2D eigenvalue weighted by Crippen LogP contribution is 2.03. The summed E-state index contributed by atoms with van der Waals surface area (Å²) in [6.07, 6.45) is 5.11. The Labute approximate surface area is 99.9 Å². The van der Waals surface area contributed by atoms with Gasteiger partial charge in [0.05, 0.1) is 0 Å². The van der Waals surface area contributed by atoms with Crippen molar-refractivity contribution in [3.63, 3.8) is 0 Å². The Morgan fingerprint density at radius 1 is 1.41 bits per heavy atom. The molecule has 2 N–H and O–H groups in total. The summed E-state index contributed by atoms with van der Waals surface area (Å²) in [5, 5.41) is 11.5. The van der Waals surface area contributed by atoms with E-state index in [0.29, 0.717) is 12.0 Å². The van der Waals surface area contributed by atoms with Gasteiger partial charge in [-0.05, 0) is 18.6 Å². The van der Waals surface area contributed by atoms with E-state index >= 15 is 0 Å². The van der Waals surface area contributed by atoms with Gasteiger partial charge >= 0.3 is 5.97 Å². The van der Waals surface area contributed by atoms with Crippen LogP contribution in [0.4, 0.5) is 0 Å². The summed E-state index contributed by atoms with van der Waals surface area (Å²) in [7, 11) is 0. The standard InChI is InChI=1S/C12H16N2O3/c1-2-3-4-10(12(16)17)14-11(15)9-5-7-13-8-6-9/h5-8,10H,2-4H2,1H3,(H,14,15)(H,16,17). The van der Waals surface area contributed by atoms with Gasteiger partial charge in [-0.15, -0.1) is 0 Å². The third kappa shape index (κ3) is 4.22. The summed E-state index contributed by atoms with van der Waals surface area (Å²) < 4.78 is 0. The molecular weight excluding hydrogens is 220 g/mol. The fourth-order valence-corrected chi connectivity index (χ4v) is 1.41. The normalized spacial score (nSPS) is 11.8. The van der Waals surface area contributed by atoms with Crippen LogP contribution in [0.1, 0.15) is 36.5 Å². The number of unbranched alkanes of at least 4 members (excludes halogenated alkanes) is 1. The predicted molar refractivity (Wildman–Crippen MR) is 62.7 cm³/mol. The van der Waals surface area contributed by atoms with Crippen LogP contribution in [0.5, 0.6) is 0 Å². The monoisotopic (exact) mass is 236 g/mol. The summed E-state index contributed by atoms with van der Waals surface area (Å²) in [6, 6.07) is 2.28. The number of carboxylic acid groups (broad SMARTS) is 1. The van der Waals surface area contributed by atoms with Crippen LogP contribution in [0.15, 0.2) is 24.5 Å². The fourth-order valence-electron chi connectivity index (χ4n) is 1.41. The minimum Gasteiger partial charge on any atom is -0.480 e. The van der Waals surface area contributed by atoms with E-state index in [0.717, 1.165) is 12.8 Å². The topological polar surface area (TPSA) is 79.3 Å². The highest BCUT2D eigenvalue weighted by molar-refractivity contribution is 5.96. The number of carboxylic acids is 1. The quantitative estimate of drug-likeness (QED) is 0.783. The number of carbonyl (C=O) groups is 2. The smallest absolute Gasteiger partial charge is 0.326 e. The lowest BCUT2D eigenvalue weighted by atomic mass is 10.1. The molecule has 0 saturated carbocycles. The molecule has 5 nitrogen and oxygen atoms in total. The molecule has 0 aromatic carbocycles. The third-order valence-electron chi connectivity index (χ3n) is 2.39. The highest BCUT2D eigenvalue weighted by Gasteiger charge is 2.19. The minimum absolute atomic E-state index is 0.379. The van der Waals surface area contributed by atoms with Crippen molar-refractivity contribution in [3.8, 4) is 0 Å². The number of aliphatic carboxylic acids is 1. The first-order valence-electron chi connectivity index (χ1n) is 5.58. The second-order valence-electron chi connectivity index (χ2n) is 3.74. The maximum absolute atomic E-state index is 11.7. The zero-order valence-corrected chi connectivity index (χ0v) is 9.72. The first kappa shape index (κ1) is 13.2. The molecule has 1 aromatic rings. The van der Waals surface area contributed by atoms with Crippen molar-refractivity contribution in [3.05, 3.63) is 30.1 Å². The van der Waals surface area contributed by atoms with Gasteiger partial charge in [-0.3, -0.25) is 9.78 Å². The van der Waals surface area contributed by atoms with Crippen LogP contribution >= 0.6 is 0 Å². The molecule has 92 valence electrons. The Morgan fingerprint density at radius 3 is 2.59 bits per heavy atom. The van der Waals surface area contributed by atoms with Crippen molar-refractivity contribution in [2.75, 3.05) is 0 Å². The molecule has 1 heterocycles. The Hall–Kier alpha value is -1.91. The SMILES string of the molecule is CCCCC(NC(=O)c1ccncc1)C(=O)O. The fraction of sp³-hybridized carbons (Fsp3) is 0.417. The molecule has 1 aromatic heterocycles. The van der Waals surface area contributed by atoms with Crippen LogP contribution in [0.3, 0.4) is 0 Å². The van der Waals surface area contributed by atoms with Gasteiger partial charge in [0.2, 0.25) is 0 Å². The molecule has 5 heteroatoms. The van der Waals surface area contributed by atoms with Gasteiger partial charge in [-0.1, -0.05) is 19.8 Å². The molecular formula is C12H16N2O3. The van der Waals surface area contributed by atoms with Gasteiger partial charge in [0.1, 0.15) is 6.04 Å². The van der Waals surface area contributed by atoms with Gasteiger partial charge in [-0.25, -0.2) is 4.79 Å². The summed E-state index contributed by atoms with van der Waals surface area (Å²) in [5.74, 6) is -1.38. The van der Waals surface area contributed by atoms with E-state index in [-0.39, 0.29) is 5.91 Å². The molecule has 1 amide bonds. The summed E-state index contributed by atoms with van der Waals surface area (Å²) in [5.41, 5.74) is 0.419. The predicted octanol–water partition coefficient (Wildman–Crippen LogP) is 1.45. The first-order chi connectivity index (χ1) is 8.15. The minimum atomic E-state index is -0.999. The Morgan fingerprint density at radius 2 is 2.06 bits per heavy atom. The number of pyridine rings is 1. The van der Waals surface area contributed by atoms with E-state index in [4.69, 9.17) is 5.11 Å². The molecule has 0 aliphatic heterocycles. The summed E-state index contributed by atoms with van der Waals surface area (Å²) in [4.78, 5) is 26.5. The Balaban J connectivity index is 2.61. The Kier molecular flexibility index (Phi) is 5.13. The van der Waals surface area contributed by atoms with Crippen molar-refractivity contribution >= 4 is 11.9 Å². The van der Waals surface area contributed by atoms with Crippen LogP contribution in [-0.2, 0) is 4.79 Å². The van der Waals surface area contributed by atoms with Crippen LogP contribution < -0.4 is 5.32 Å². The molecule has 0 saturated heterocycles. The zero-order valence-electron chi connectivity index (χ0n) is 9.72. The number of hydrogen-bond acceptors (Lipinski definition) is 3. The van der Waals surface area contributed by atoms with Gasteiger partial charge in [0, 0.05) is 18.0 Å². The molecule has 17 heavy (non-hydrogen) atoms. The number of amides is 1. The van der Waals surface area contributed by atoms with Crippen LogP contribution in [0.2, 0.25) is 0 Å². The first-order valence-corrected chi connectivity index (χ1v) is 5.58. The average molecular weight is 236 g/mol. The lowest BCUT2D eigenvalue weighted by Gasteiger charge is -2.13. The van der Waals surface area contributed by atoms with Gasteiger partial charge in [0.25, 0.3) is 5.91 Å². The van der Waals surface area contributed by atoms with Crippen molar-refractivity contribution in [2.24, 2.45) is 0 Å². The van der Waals surface area contributed by atoms with E-state index in [1.807, 2.05) is 6.92 Å². The van der Waals surface area contributed by atoms with Crippen molar-refractivity contribution < 1.29 is 14.7 Å². The third-order valence-corrected chi connectivity index (χ3v) is 2.39.